The van der Waals surface area contributed by atoms with Crippen molar-refractivity contribution in [2.45, 2.75) is 57.0 Å². The maximum atomic E-state index is 15.0. The number of carbonyl (C=O) groups is 2. The number of likely N-dealkylation sites (N-methyl/N-ethyl adjacent to an activating group) is 1. The average molecular weight is 544 g/mol. The SMILES string of the molecule is CCOc1cnc(NC(=O)N(C)[C@H]2CN(c3nccc(NC(=O)O[C@H]4C[C@@H]5CC[C@H]4CN5)n3)CC[C@H]2F)cn1. The summed E-state index contributed by atoms with van der Waals surface area (Å²) in [5.74, 6) is 1.53. The molecule has 3 saturated heterocycles. The van der Waals surface area contributed by atoms with Crippen LogP contribution in [0.5, 0.6) is 5.88 Å². The number of hydrogen-bond donors (Lipinski definition) is 3. The minimum Gasteiger partial charge on any atom is -0.477 e. The molecule has 2 aromatic heterocycles. The van der Waals surface area contributed by atoms with Crippen LogP contribution in [0.4, 0.5) is 31.6 Å². The fourth-order valence-corrected chi connectivity index (χ4v) is 5.32. The minimum atomic E-state index is -1.24. The molecule has 39 heavy (non-hydrogen) atoms. The Hall–Kier alpha value is -3.81. The molecule has 3 aliphatic heterocycles. The lowest BCUT2D eigenvalue weighted by Crippen LogP contribution is -2.55. The summed E-state index contributed by atoms with van der Waals surface area (Å²) in [6.07, 6.45) is 5.60. The van der Waals surface area contributed by atoms with Crippen LogP contribution in [0.15, 0.2) is 24.7 Å². The Balaban J connectivity index is 1.17. The van der Waals surface area contributed by atoms with Crippen LogP contribution in [0.1, 0.15) is 32.6 Å². The molecule has 5 heterocycles. The largest absolute Gasteiger partial charge is 0.477 e. The van der Waals surface area contributed by atoms with E-state index >= 15 is 0 Å². The highest BCUT2D eigenvalue weighted by Gasteiger charge is 2.38. The lowest BCUT2D eigenvalue weighted by molar-refractivity contribution is 0.00970. The zero-order valence-electron chi connectivity index (χ0n) is 22.0. The highest BCUT2D eigenvalue weighted by atomic mass is 19.1. The summed E-state index contributed by atoms with van der Waals surface area (Å²) in [7, 11) is 1.53. The van der Waals surface area contributed by atoms with E-state index in [0.717, 1.165) is 25.8 Å². The van der Waals surface area contributed by atoms with Crippen LogP contribution in [0.25, 0.3) is 0 Å². The number of alkyl halides is 1. The molecule has 6 rings (SSSR count). The van der Waals surface area contributed by atoms with Crippen LogP contribution in [-0.4, -0.2) is 94.6 Å². The van der Waals surface area contributed by atoms with E-state index in [4.69, 9.17) is 9.47 Å². The minimum absolute atomic E-state index is 0.106. The molecule has 14 heteroatoms. The number of amides is 3. The van der Waals surface area contributed by atoms with E-state index in [9.17, 15) is 14.0 Å². The number of carbonyl (C=O) groups excluding carboxylic acids is 2. The summed E-state index contributed by atoms with van der Waals surface area (Å²) in [5.41, 5.74) is 0. The molecule has 2 aromatic rings. The van der Waals surface area contributed by atoms with Gasteiger partial charge in [0.05, 0.1) is 25.0 Å². The molecule has 4 fully saturated rings. The number of nitrogens with zero attached hydrogens (tertiary/aromatic N) is 6. The van der Waals surface area contributed by atoms with Gasteiger partial charge in [-0.05, 0) is 32.3 Å². The van der Waals surface area contributed by atoms with Gasteiger partial charge in [-0.1, -0.05) is 0 Å². The Morgan fingerprint density at radius 2 is 2.05 bits per heavy atom. The van der Waals surface area contributed by atoms with E-state index < -0.39 is 24.3 Å². The van der Waals surface area contributed by atoms with Gasteiger partial charge in [0.2, 0.25) is 11.8 Å². The Labute approximate surface area is 225 Å². The molecule has 3 amide bonds. The smallest absolute Gasteiger partial charge is 0.413 e. The standard InChI is InChI=1S/C25H34FN9O4/c1-3-38-22-13-29-21(12-30-22)32-24(36)34(2)18-14-35(9-7-17(18)26)23-27-8-6-20(31-23)33-25(37)39-19-10-16-5-4-15(19)11-28-16/h6,8,12-13,15-19,28H,3-5,7,9-11,14H2,1-2H3,(H,29,32,36)(H,27,31,33,37)/t15-,16-,17+,18-,19-/m0/s1. The topological polar surface area (TPSA) is 147 Å². The molecule has 210 valence electrons. The molecule has 0 spiro atoms. The monoisotopic (exact) mass is 543 g/mol. The maximum absolute atomic E-state index is 15.0. The lowest BCUT2D eigenvalue weighted by atomic mass is 9.79. The number of ether oxygens (including phenoxy) is 2. The predicted octanol–water partition coefficient (Wildman–Crippen LogP) is 2.43. The molecule has 2 bridgehead atoms. The second-order valence-electron chi connectivity index (χ2n) is 10.0. The van der Waals surface area contributed by atoms with E-state index in [1.165, 1.54) is 30.5 Å². The highest BCUT2D eigenvalue weighted by Crippen LogP contribution is 2.31. The van der Waals surface area contributed by atoms with E-state index in [-0.39, 0.29) is 24.9 Å². The van der Waals surface area contributed by atoms with Gasteiger partial charge in [0, 0.05) is 51.3 Å². The van der Waals surface area contributed by atoms with Crippen molar-refractivity contribution in [3.05, 3.63) is 24.7 Å². The Kier molecular flexibility index (Phi) is 8.19. The Morgan fingerprint density at radius 3 is 2.74 bits per heavy atom. The fourth-order valence-electron chi connectivity index (χ4n) is 5.32. The van der Waals surface area contributed by atoms with Crippen molar-refractivity contribution in [3.63, 3.8) is 0 Å². The predicted molar refractivity (Wildman–Crippen MR) is 141 cm³/mol. The number of anilines is 3. The van der Waals surface area contributed by atoms with Crippen molar-refractivity contribution in [3.8, 4) is 5.88 Å². The van der Waals surface area contributed by atoms with Crippen LogP contribution in [0, 0.1) is 5.92 Å². The number of aromatic nitrogens is 4. The third-order valence-electron chi connectivity index (χ3n) is 7.48. The van der Waals surface area contributed by atoms with Gasteiger partial charge < -0.3 is 24.6 Å². The second-order valence-corrected chi connectivity index (χ2v) is 10.0. The van der Waals surface area contributed by atoms with Crippen LogP contribution in [0.2, 0.25) is 0 Å². The first-order valence-corrected chi connectivity index (χ1v) is 13.3. The summed E-state index contributed by atoms with van der Waals surface area (Å²) in [5, 5.41) is 8.78. The number of rotatable bonds is 7. The molecule has 13 nitrogen and oxygen atoms in total. The van der Waals surface area contributed by atoms with Crippen molar-refractivity contribution >= 4 is 29.7 Å². The van der Waals surface area contributed by atoms with E-state index in [2.05, 4.69) is 35.9 Å². The number of hydrogen-bond acceptors (Lipinski definition) is 10. The molecule has 3 N–H and O–H groups in total. The summed E-state index contributed by atoms with van der Waals surface area (Å²) in [6.45, 7) is 3.69. The van der Waals surface area contributed by atoms with Gasteiger partial charge >= 0.3 is 12.1 Å². The Bertz CT molecular complexity index is 1150. The summed E-state index contributed by atoms with van der Waals surface area (Å²) >= 11 is 0. The van der Waals surface area contributed by atoms with E-state index in [1.54, 1.807) is 11.0 Å². The third kappa shape index (κ3) is 6.44. The van der Waals surface area contributed by atoms with Gasteiger partial charge in [0.15, 0.2) is 5.82 Å². The van der Waals surface area contributed by atoms with Gasteiger partial charge in [-0.15, -0.1) is 0 Å². The van der Waals surface area contributed by atoms with Crippen LogP contribution in [0.3, 0.4) is 0 Å². The molecule has 0 radical (unpaired) electrons. The van der Waals surface area contributed by atoms with Crippen molar-refractivity contribution in [2.75, 3.05) is 48.8 Å². The zero-order valence-corrected chi connectivity index (χ0v) is 22.0. The maximum Gasteiger partial charge on any atom is 0.413 e. The first-order valence-electron chi connectivity index (χ1n) is 13.3. The number of nitrogens with one attached hydrogen (secondary N) is 3. The van der Waals surface area contributed by atoms with Crippen molar-refractivity contribution in [2.24, 2.45) is 5.92 Å². The lowest BCUT2D eigenvalue weighted by Gasteiger charge is -2.42. The Morgan fingerprint density at radius 1 is 1.18 bits per heavy atom. The molecular formula is C25H34FN9O4. The number of urea groups is 1. The van der Waals surface area contributed by atoms with Crippen molar-refractivity contribution < 1.29 is 23.5 Å². The van der Waals surface area contributed by atoms with Crippen molar-refractivity contribution in [1.82, 2.24) is 30.2 Å². The van der Waals surface area contributed by atoms with Crippen LogP contribution >= 0.6 is 0 Å². The number of piperidine rings is 3. The average Bonchev–Trinajstić information content (AvgIpc) is 2.95. The molecule has 1 aliphatic carbocycles. The third-order valence-corrected chi connectivity index (χ3v) is 7.48. The molecule has 5 atom stereocenters. The first-order chi connectivity index (χ1) is 18.9. The molecule has 0 aromatic carbocycles. The second kappa shape index (κ2) is 11.9. The molecular weight excluding hydrogens is 509 g/mol. The number of fused-ring (bicyclic) bond motifs is 3. The normalized spacial score (nSPS) is 26.0. The van der Waals surface area contributed by atoms with Gasteiger partial charge in [-0.3, -0.25) is 10.6 Å². The van der Waals surface area contributed by atoms with Gasteiger partial charge in [-0.25, -0.2) is 28.9 Å². The first kappa shape index (κ1) is 26.8. The van der Waals surface area contributed by atoms with Crippen LogP contribution < -0.4 is 25.6 Å². The van der Waals surface area contributed by atoms with Gasteiger partial charge in [0.1, 0.15) is 18.1 Å². The zero-order chi connectivity index (χ0) is 27.4. The summed E-state index contributed by atoms with van der Waals surface area (Å²) < 4.78 is 25.9. The molecule has 0 unspecified atom stereocenters. The fraction of sp³-hybridized carbons (Fsp3) is 0.600. The number of halogens is 1. The quantitative estimate of drug-likeness (QED) is 0.476. The molecule has 4 aliphatic rings. The molecule has 1 saturated carbocycles. The van der Waals surface area contributed by atoms with E-state index in [0.29, 0.717) is 42.8 Å². The van der Waals surface area contributed by atoms with Gasteiger partial charge in [0.25, 0.3) is 0 Å². The summed E-state index contributed by atoms with van der Waals surface area (Å²) in [4.78, 5) is 45.4. The van der Waals surface area contributed by atoms with Gasteiger partial charge in [-0.2, -0.15) is 4.98 Å². The summed E-state index contributed by atoms with van der Waals surface area (Å²) in [6, 6.07) is 0.707. The highest BCUT2D eigenvalue weighted by molar-refractivity contribution is 5.88. The van der Waals surface area contributed by atoms with Crippen molar-refractivity contribution in [1.29, 1.82) is 0 Å². The van der Waals surface area contributed by atoms with E-state index in [1.807, 2.05) is 6.92 Å². The van der Waals surface area contributed by atoms with Crippen LogP contribution in [-0.2, 0) is 4.74 Å².